The third-order valence-electron chi connectivity index (χ3n) is 3.68. The van der Waals surface area contributed by atoms with Crippen LogP contribution in [0.4, 0.5) is 0 Å². The Kier molecular flexibility index (Phi) is 5.92. The average Bonchev–Trinajstić information content (AvgIpc) is 2.60. The number of benzene rings is 2. The Morgan fingerprint density at radius 2 is 1.26 bits per heavy atom. The van der Waals surface area contributed by atoms with E-state index in [1.807, 2.05) is 67.6 Å². The summed E-state index contributed by atoms with van der Waals surface area (Å²) in [4.78, 5) is 27.8. The first-order valence-corrected chi connectivity index (χ1v) is 7.74. The molecule has 0 atom stereocenters. The number of hydrogen-bond donors (Lipinski definition) is 0. The molecule has 0 aliphatic rings. The Balaban J connectivity index is 2.00. The lowest BCUT2D eigenvalue weighted by Gasteiger charge is -2.24. The molecule has 120 valence electrons. The highest BCUT2D eigenvalue weighted by molar-refractivity contribution is 6.34. The monoisotopic (exact) mass is 310 g/mol. The second-order valence-electron chi connectivity index (χ2n) is 5.45. The number of likely N-dealkylation sites (N-methyl/N-ethyl adjacent to an activating group) is 2. The average molecular weight is 310 g/mol. The third-order valence-corrected chi connectivity index (χ3v) is 3.68. The minimum absolute atomic E-state index is 0.425. The number of rotatable bonds is 5. The van der Waals surface area contributed by atoms with Crippen LogP contribution >= 0.6 is 0 Å². The maximum absolute atomic E-state index is 12.4. The Morgan fingerprint density at radius 1 is 0.783 bits per heavy atom. The summed E-state index contributed by atoms with van der Waals surface area (Å²) in [7, 11) is 1.66. The molecule has 0 saturated carbocycles. The summed E-state index contributed by atoms with van der Waals surface area (Å²) in [6.07, 6.45) is 0. The van der Waals surface area contributed by atoms with E-state index in [1.54, 1.807) is 11.9 Å². The van der Waals surface area contributed by atoms with Gasteiger partial charge in [-0.15, -0.1) is 0 Å². The summed E-state index contributed by atoms with van der Waals surface area (Å²) >= 11 is 0. The lowest BCUT2D eigenvalue weighted by atomic mass is 10.2. The predicted molar refractivity (Wildman–Crippen MR) is 90.4 cm³/mol. The van der Waals surface area contributed by atoms with E-state index in [-0.39, 0.29) is 0 Å². The lowest BCUT2D eigenvalue weighted by molar-refractivity contribution is -0.151. The third kappa shape index (κ3) is 4.68. The van der Waals surface area contributed by atoms with Crippen molar-refractivity contribution in [3.05, 3.63) is 71.8 Å². The molecular weight excluding hydrogens is 288 g/mol. The smallest absolute Gasteiger partial charge is 0.312 e. The van der Waals surface area contributed by atoms with E-state index in [0.29, 0.717) is 19.6 Å². The van der Waals surface area contributed by atoms with Crippen molar-refractivity contribution in [2.24, 2.45) is 0 Å². The highest BCUT2D eigenvalue weighted by Gasteiger charge is 2.24. The van der Waals surface area contributed by atoms with Gasteiger partial charge in [0.15, 0.2) is 0 Å². The fourth-order valence-corrected chi connectivity index (χ4v) is 2.36. The van der Waals surface area contributed by atoms with Crippen LogP contribution in [0.1, 0.15) is 18.1 Å². The second-order valence-corrected chi connectivity index (χ2v) is 5.45. The molecule has 4 heteroatoms. The summed E-state index contributed by atoms with van der Waals surface area (Å²) in [6, 6.07) is 19.3. The molecule has 0 aliphatic heterocycles. The molecule has 2 amide bonds. The van der Waals surface area contributed by atoms with Gasteiger partial charge >= 0.3 is 11.8 Å². The largest absolute Gasteiger partial charge is 0.333 e. The first-order valence-electron chi connectivity index (χ1n) is 7.74. The number of carbonyl (C=O) groups excluding carboxylic acids is 2. The van der Waals surface area contributed by atoms with Crippen LogP contribution in [0, 0.1) is 0 Å². The summed E-state index contributed by atoms with van der Waals surface area (Å²) in [6.45, 7) is 3.25. The maximum Gasteiger partial charge on any atom is 0.312 e. The molecule has 0 saturated heterocycles. The Bertz CT molecular complexity index is 641. The standard InChI is InChI=1S/C19H22N2O2/c1-3-21(15-17-12-8-5-9-13-17)19(23)18(22)20(2)14-16-10-6-4-7-11-16/h4-13H,3,14-15H2,1-2H3. The molecule has 2 rings (SSSR count). The molecule has 0 bridgehead atoms. The fourth-order valence-electron chi connectivity index (χ4n) is 2.36. The van der Waals surface area contributed by atoms with Crippen LogP contribution in [-0.2, 0) is 22.7 Å². The van der Waals surface area contributed by atoms with Crippen molar-refractivity contribution in [3.63, 3.8) is 0 Å². The first kappa shape index (κ1) is 16.7. The van der Waals surface area contributed by atoms with Gasteiger partial charge in [0.2, 0.25) is 0 Å². The zero-order chi connectivity index (χ0) is 16.7. The topological polar surface area (TPSA) is 40.6 Å². The highest BCUT2D eigenvalue weighted by Crippen LogP contribution is 2.08. The van der Waals surface area contributed by atoms with E-state index in [1.165, 1.54) is 4.90 Å². The van der Waals surface area contributed by atoms with Gasteiger partial charge in [-0.1, -0.05) is 60.7 Å². The van der Waals surface area contributed by atoms with E-state index < -0.39 is 11.8 Å². The number of amides is 2. The van der Waals surface area contributed by atoms with E-state index in [2.05, 4.69) is 0 Å². The van der Waals surface area contributed by atoms with E-state index in [4.69, 9.17) is 0 Å². The molecule has 0 fully saturated rings. The number of nitrogens with zero attached hydrogens (tertiary/aromatic N) is 2. The van der Waals surface area contributed by atoms with Gasteiger partial charge in [-0.3, -0.25) is 9.59 Å². The van der Waals surface area contributed by atoms with Crippen LogP contribution in [0.5, 0.6) is 0 Å². The van der Waals surface area contributed by atoms with E-state index >= 15 is 0 Å². The molecule has 0 radical (unpaired) electrons. The van der Waals surface area contributed by atoms with Gasteiger partial charge in [0.1, 0.15) is 0 Å². The second kappa shape index (κ2) is 8.13. The summed E-state index contributed by atoms with van der Waals surface area (Å²) < 4.78 is 0. The normalized spacial score (nSPS) is 10.2. The van der Waals surface area contributed by atoms with Crippen LogP contribution in [0.25, 0.3) is 0 Å². The minimum Gasteiger partial charge on any atom is -0.333 e. The molecule has 0 aromatic heterocycles. The zero-order valence-electron chi connectivity index (χ0n) is 13.6. The Hall–Kier alpha value is -2.62. The Morgan fingerprint density at radius 3 is 1.74 bits per heavy atom. The zero-order valence-corrected chi connectivity index (χ0v) is 13.6. The van der Waals surface area contributed by atoms with Gasteiger partial charge in [0, 0.05) is 26.7 Å². The molecule has 2 aromatic rings. The predicted octanol–water partition coefficient (Wildman–Crippen LogP) is 2.69. The summed E-state index contributed by atoms with van der Waals surface area (Å²) in [5.74, 6) is -0.943. The van der Waals surface area contributed by atoms with Crippen LogP contribution in [0.3, 0.4) is 0 Å². The van der Waals surface area contributed by atoms with E-state index in [9.17, 15) is 9.59 Å². The van der Waals surface area contributed by atoms with Crippen LogP contribution in [0.2, 0.25) is 0 Å². The molecule has 0 spiro atoms. The van der Waals surface area contributed by atoms with Gasteiger partial charge in [-0.2, -0.15) is 0 Å². The highest BCUT2D eigenvalue weighted by atomic mass is 16.2. The van der Waals surface area contributed by atoms with Gasteiger partial charge in [0.25, 0.3) is 0 Å². The van der Waals surface area contributed by atoms with Crippen molar-refractivity contribution in [3.8, 4) is 0 Å². The van der Waals surface area contributed by atoms with Gasteiger partial charge in [-0.05, 0) is 18.1 Å². The van der Waals surface area contributed by atoms with Crippen molar-refractivity contribution in [2.75, 3.05) is 13.6 Å². The van der Waals surface area contributed by atoms with Crippen LogP contribution in [0.15, 0.2) is 60.7 Å². The number of hydrogen-bond acceptors (Lipinski definition) is 2. The molecule has 0 heterocycles. The van der Waals surface area contributed by atoms with Gasteiger partial charge in [-0.25, -0.2) is 0 Å². The van der Waals surface area contributed by atoms with Crippen molar-refractivity contribution in [1.29, 1.82) is 0 Å². The first-order chi connectivity index (χ1) is 11.1. The summed E-state index contributed by atoms with van der Waals surface area (Å²) in [5.41, 5.74) is 2.02. The van der Waals surface area contributed by atoms with E-state index in [0.717, 1.165) is 11.1 Å². The van der Waals surface area contributed by atoms with Crippen molar-refractivity contribution in [1.82, 2.24) is 9.80 Å². The summed E-state index contributed by atoms with van der Waals surface area (Å²) in [5, 5.41) is 0. The van der Waals surface area contributed by atoms with Crippen molar-refractivity contribution >= 4 is 11.8 Å². The lowest BCUT2D eigenvalue weighted by Crippen LogP contribution is -2.43. The van der Waals surface area contributed by atoms with Crippen LogP contribution in [-0.4, -0.2) is 35.2 Å². The quantitative estimate of drug-likeness (QED) is 0.797. The Labute approximate surface area is 137 Å². The van der Waals surface area contributed by atoms with Crippen LogP contribution < -0.4 is 0 Å². The molecule has 23 heavy (non-hydrogen) atoms. The maximum atomic E-state index is 12.4. The van der Waals surface area contributed by atoms with Gasteiger partial charge < -0.3 is 9.80 Å². The molecule has 0 N–H and O–H groups in total. The van der Waals surface area contributed by atoms with Crippen molar-refractivity contribution < 1.29 is 9.59 Å². The molecule has 0 unspecified atom stereocenters. The SMILES string of the molecule is CCN(Cc1ccccc1)C(=O)C(=O)N(C)Cc1ccccc1. The minimum atomic E-state index is -0.480. The van der Waals surface area contributed by atoms with Crippen molar-refractivity contribution in [2.45, 2.75) is 20.0 Å². The molecular formula is C19H22N2O2. The molecule has 2 aromatic carbocycles. The fraction of sp³-hybridized carbons (Fsp3) is 0.263. The van der Waals surface area contributed by atoms with Gasteiger partial charge in [0.05, 0.1) is 0 Å². The molecule has 0 aliphatic carbocycles. The number of carbonyl (C=O) groups is 2. The molecule has 4 nitrogen and oxygen atoms in total.